The van der Waals surface area contributed by atoms with Crippen molar-refractivity contribution in [3.05, 3.63) is 29.8 Å². The fourth-order valence-corrected chi connectivity index (χ4v) is 3.70. The lowest BCUT2D eigenvalue weighted by atomic mass is 10.2. The van der Waals surface area contributed by atoms with Crippen molar-refractivity contribution in [1.29, 1.82) is 0 Å². The monoisotopic (exact) mass is 271 g/mol. The van der Waals surface area contributed by atoms with Crippen molar-refractivity contribution in [1.82, 2.24) is 4.31 Å². The highest BCUT2D eigenvalue weighted by atomic mass is 32.2. The normalized spacial score (nSPS) is 25.5. The van der Waals surface area contributed by atoms with Crippen LogP contribution < -0.4 is 0 Å². The minimum Gasteiger partial charge on any atom is -0.389 e. The third kappa shape index (κ3) is 2.29. The van der Waals surface area contributed by atoms with Gasteiger partial charge in [0.05, 0.1) is 11.0 Å². The van der Waals surface area contributed by atoms with Gasteiger partial charge in [-0.05, 0) is 25.5 Å². The van der Waals surface area contributed by atoms with Gasteiger partial charge >= 0.3 is 0 Å². The van der Waals surface area contributed by atoms with Crippen molar-refractivity contribution in [2.24, 2.45) is 0 Å². The summed E-state index contributed by atoms with van der Waals surface area (Å²) in [7, 11) is -2.20. The van der Waals surface area contributed by atoms with Crippen LogP contribution in [0.5, 0.6) is 0 Å². The van der Waals surface area contributed by atoms with Crippen LogP contribution in [0.15, 0.2) is 29.2 Å². The third-order valence-corrected chi connectivity index (χ3v) is 5.00. The second-order valence-electron chi connectivity index (χ2n) is 4.41. The maximum Gasteiger partial charge on any atom is 0.245 e. The third-order valence-electron chi connectivity index (χ3n) is 3.13. The second kappa shape index (κ2) is 4.97. The maximum absolute atomic E-state index is 12.4. The van der Waals surface area contributed by atoms with E-state index in [-0.39, 0.29) is 11.4 Å². The molecule has 0 bridgehead atoms. The quantitative estimate of drug-likeness (QED) is 0.880. The average molecular weight is 271 g/mol. The number of nitrogens with zero attached hydrogens (tertiary/aromatic N) is 1. The molecule has 0 spiro atoms. The number of sulfonamides is 1. The van der Waals surface area contributed by atoms with Gasteiger partial charge in [-0.25, -0.2) is 8.42 Å². The summed E-state index contributed by atoms with van der Waals surface area (Å²) in [5.41, 5.74) is 0.999. The minimum absolute atomic E-state index is 0.226. The molecule has 5 nitrogen and oxygen atoms in total. The van der Waals surface area contributed by atoms with Crippen LogP contribution in [0.3, 0.4) is 0 Å². The van der Waals surface area contributed by atoms with Gasteiger partial charge in [-0.1, -0.05) is 17.7 Å². The SMILES string of the molecule is CO[C@H]1[C@@H](O)CCN1S(=O)(=O)c1ccc(C)cc1. The Morgan fingerprint density at radius 2 is 1.94 bits per heavy atom. The number of aryl methyl sites for hydroxylation is 1. The minimum atomic E-state index is -3.60. The lowest BCUT2D eigenvalue weighted by Gasteiger charge is -2.24. The van der Waals surface area contributed by atoms with Crippen LogP contribution >= 0.6 is 0 Å². The molecule has 2 atom stereocenters. The fraction of sp³-hybridized carbons (Fsp3) is 0.500. The zero-order valence-corrected chi connectivity index (χ0v) is 11.2. The predicted octanol–water partition coefficient (Wildman–Crippen LogP) is 0.723. The number of aliphatic hydroxyl groups is 1. The summed E-state index contributed by atoms with van der Waals surface area (Å²) >= 11 is 0. The van der Waals surface area contributed by atoms with Gasteiger partial charge in [-0.2, -0.15) is 4.31 Å². The van der Waals surface area contributed by atoms with E-state index in [4.69, 9.17) is 4.74 Å². The Morgan fingerprint density at radius 1 is 1.33 bits per heavy atom. The lowest BCUT2D eigenvalue weighted by molar-refractivity contribution is -0.0352. The molecule has 0 unspecified atom stereocenters. The molecule has 1 aromatic rings. The molecule has 1 N–H and O–H groups in total. The average Bonchev–Trinajstić information content (AvgIpc) is 2.71. The van der Waals surface area contributed by atoms with E-state index in [1.165, 1.54) is 11.4 Å². The Kier molecular flexibility index (Phi) is 3.72. The van der Waals surface area contributed by atoms with Gasteiger partial charge in [0.15, 0.2) is 0 Å². The topological polar surface area (TPSA) is 66.8 Å². The zero-order chi connectivity index (χ0) is 13.3. The first-order valence-electron chi connectivity index (χ1n) is 5.76. The van der Waals surface area contributed by atoms with Crippen LogP contribution in [-0.2, 0) is 14.8 Å². The van der Waals surface area contributed by atoms with E-state index < -0.39 is 22.4 Å². The van der Waals surface area contributed by atoms with Crippen LogP contribution in [0.2, 0.25) is 0 Å². The summed E-state index contributed by atoms with van der Waals surface area (Å²) < 4.78 is 31.1. The van der Waals surface area contributed by atoms with Gasteiger partial charge in [0.1, 0.15) is 6.23 Å². The molecular formula is C12H17NO4S. The maximum atomic E-state index is 12.4. The molecule has 18 heavy (non-hydrogen) atoms. The van der Waals surface area contributed by atoms with Crippen molar-refractivity contribution >= 4 is 10.0 Å². The van der Waals surface area contributed by atoms with E-state index in [9.17, 15) is 13.5 Å². The number of hydrogen-bond donors (Lipinski definition) is 1. The smallest absolute Gasteiger partial charge is 0.245 e. The van der Waals surface area contributed by atoms with Gasteiger partial charge in [0, 0.05) is 13.7 Å². The van der Waals surface area contributed by atoms with Gasteiger partial charge in [-0.15, -0.1) is 0 Å². The first-order valence-corrected chi connectivity index (χ1v) is 7.20. The number of ether oxygens (including phenoxy) is 1. The summed E-state index contributed by atoms with van der Waals surface area (Å²) in [4.78, 5) is 0.226. The predicted molar refractivity (Wildman–Crippen MR) is 66.5 cm³/mol. The number of benzene rings is 1. The Morgan fingerprint density at radius 3 is 2.50 bits per heavy atom. The molecule has 2 rings (SSSR count). The lowest BCUT2D eigenvalue weighted by Crippen LogP contribution is -2.40. The van der Waals surface area contributed by atoms with Crippen LogP contribution in [0, 0.1) is 6.92 Å². The molecule has 1 heterocycles. The van der Waals surface area contributed by atoms with E-state index in [0.717, 1.165) is 5.56 Å². The molecule has 1 fully saturated rings. The molecule has 6 heteroatoms. The Labute approximate surface area is 107 Å². The van der Waals surface area contributed by atoms with E-state index >= 15 is 0 Å². The second-order valence-corrected chi connectivity index (χ2v) is 6.30. The largest absolute Gasteiger partial charge is 0.389 e. The van der Waals surface area contributed by atoms with Gasteiger partial charge in [0.25, 0.3) is 0 Å². The fourth-order valence-electron chi connectivity index (χ4n) is 2.10. The molecule has 0 radical (unpaired) electrons. The van der Waals surface area contributed by atoms with Crippen LogP contribution in [0.1, 0.15) is 12.0 Å². The summed E-state index contributed by atoms with van der Waals surface area (Å²) in [6.07, 6.45) is -1.17. The van der Waals surface area contributed by atoms with Gasteiger partial charge in [0.2, 0.25) is 10.0 Å². The molecule has 0 amide bonds. The van der Waals surface area contributed by atoms with Gasteiger partial charge < -0.3 is 9.84 Å². The first kappa shape index (κ1) is 13.5. The van der Waals surface area contributed by atoms with Crippen molar-refractivity contribution in [2.75, 3.05) is 13.7 Å². The Hall–Kier alpha value is -0.950. The highest BCUT2D eigenvalue weighted by Crippen LogP contribution is 2.26. The standard InChI is InChI=1S/C12H17NO4S/c1-9-3-5-10(6-4-9)18(15,16)13-8-7-11(14)12(13)17-2/h3-6,11-12,14H,7-8H2,1-2H3/t11-,12-/m0/s1. The van der Waals surface area contributed by atoms with Gasteiger partial charge in [-0.3, -0.25) is 0 Å². The summed E-state index contributed by atoms with van der Waals surface area (Å²) in [5.74, 6) is 0. The molecule has 0 aliphatic carbocycles. The van der Waals surface area contributed by atoms with E-state index in [1.54, 1.807) is 24.3 Å². The molecule has 0 aromatic heterocycles. The number of aliphatic hydroxyl groups excluding tert-OH is 1. The number of hydrogen-bond acceptors (Lipinski definition) is 4. The van der Waals surface area contributed by atoms with E-state index in [1.807, 2.05) is 6.92 Å². The van der Waals surface area contributed by atoms with Crippen molar-refractivity contribution in [3.8, 4) is 0 Å². The van der Waals surface area contributed by atoms with E-state index in [0.29, 0.717) is 6.42 Å². The first-order chi connectivity index (χ1) is 8.46. The number of methoxy groups -OCH3 is 1. The molecule has 1 aliphatic heterocycles. The highest BCUT2D eigenvalue weighted by molar-refractivity contribution is 7.89. The molecule has 1 aliphatic rings. The van der Waals surface area contributed by atoms with Crippen LogP contribution in [-0.4, -0.2) is 43.8 Å². The molecule has 100 valence electrons. The number of rotatable bonds is 3. The molecular weight excluding hydrogens is 254 g/mol. The molecule has 1 aromatic carbocycles. The summed E-state index contributed by atoms with van der Waals surface area (Å²) in [6.45, 7) is 2.17. The summed E-state index contributed by atoms with van der Waals surface area (Å²) in [5, 5.41) is 9.68. The molecule has 0 saturated carbocycles. The molecule has 1 saturated heterocycles. The van der Waals surface area contributed by atoms with Crippen LogP contribution in [0.4, 0.5) is 0 Å². The van der Waals surface area contributed by atoms with Crippen molar-refractivity contribution in [3.63, 3.8) is 0 Å². The zero-order valence-electron chi connectivity index (χ0n) is 10.4. The van der Waals surface area contributed by atoms with Crippen molar-refractivity contribution in [2.45, 2.75) is 30.6 Å². The van der Waals surface area contributed by atoms with E-state index in [2.05, 4.69) is 0 Å². The Balaban J connectivity index is 2.34. The Bertz CT molecular complexity index is 511. The highest BCUT2D eigenvalue weighted by Gasteiger charge is 2.41. The van der Waals surface area contributed by atoms with Crippen LogP contribution in [0.25, 0.3) is 0 Å². The van der Waals surface area contributed by atoms with Crippen molar-refractivity contribution < 1.29 is 18.3 Å². The summed E-state index contributed by atoms with van der Waals surface area (Å²) in [6, 6.07) is 6.65.